The van der Waals surface area contributed by atoms with Gasteiger partial charge in [-0.2, -0.15) is 0 Å². The fourth-order valence-corrected chi connectivity index (χ4v) is 1.60. The molecular weight excluding hydrogens is 232 g/mol. The van der Waals surface area contributed by atoms with Crippen molar-refractivity contribution in [2.24, 2.45) is 0 Å². The van der Waals surface area contributed by atoms with Crippen LogP contribution in [0.3, 0.4) is 0 Å². The highest BCUT2D eigenvalue weighted by Crippen LogP contribution is 2.16. The Bertz CT molecular complexity index is 585. The zero-order chi connectivity index (χ0) is 13.1. The summed E-state index contributed by atoms with van der Waals surface area (Å²) < 4.78 is 0. The second-order valence-electron chi connectivity index (χ2n) is 3.83. The summed E-state index contributed by atoms with van der Waals surface area (Å²) in [6, 6.07) is 7.70. The molecule has 2 aromatic rings. The van der Waals surface area contributed by atoms with E-state index >= 15 is 0 Å². The number of carboxylic acids is 1. The van der Waals surface area contributed by atoms with Crippen molar-refractivity contribution in [2.45, 2.75) is 13.3 Å². The predicted octanol–water partition coefficient (Wildman–Crippen LogP) is 1.91. The molecule has 5 heteroatoms. The lowest BCUT2D eigenvalue weighted by molar-refractivity contribution is -0.131. The summed E-state index contributed by atoms with van der Waals surface area (Å²) in [5.41, 5.74) is 2.00. The maximum atomic E-state index is 11.2. The van der Waals surface area contributed by atoms with Gasteiger partial charge in [-0.3, -0.25) is 4.79 Å². The van der Waals surface area contributed by atoms with Crippen molar-refractivity contribution >= 4 is 11.8 Å². The SMILES string of the molecule is CCc1ccc(-c2ncc(C(=O)C(=O)O)[nH]2)cc1. The predicted molar refractivity (Wildman–Crippen MR) is 65.4 cm³/mol. The molecule has 18 heavy (non-hydrogen) atoms. The average Bonchev–Trinajstić information content (AvgIpc) is 2.87. The van der Waals surface area contributed by atoms with Gasteiger partial charge in [-0.25, -0.2) is 9.78 Å². The summed E-state index contributed by atoms with van der Waals surface area (Å²) in [5, 5.41) is 8.59. The quantitative estimate of drug-likeness (QED) is 0.635. The first kappa shape index (κ1) is 12.0. The number of rotatable bonds is 4. The van der Waals surface area contributed by atoms with Gasteiger partial charge in [-0.15, -0.1) is 0 Å². The number of aliphatic carboxylic acids is 1. The van der Waals surface area contributed by atoms with E-state index in [2.05, 4.69) is 16.9 Å². The Hall–Kier alpha value is -2.43. The van der Waals surface area contributed by atoms with E-state index in [0.29, 0.717) is 5.82 Å². The molecule has 2 N–H and O–H groups in total. The maximum absolute atomic E-state index is 11.2. The van der Waals surface area contributed by atoms with Gasteiger partial charge >= 0.3 is 5.97 Å². The topological polar surface area (TPSA) is 83.1 Å². The van der Waals surface area contributed by atoms with Crippen LogP contribution >= 0.6 is 0 Å². The third kappa shape index (κ3) is 2.29. The zero-order valence-corrected chi connectivity index (χ0v) is 9.80. The Morgan fingerprint density at radius 3 is 2.50 bits per heavy atom. The minimum absolute atomic E-state index is 0.0166. The number of aryl methyl sites for hydroxylation is 1. The van der Waals surface area contributed by atoms with E-state index < -0.39 is 11.8 Å². The van der Waals surface area contributed by atoms with Crippen LogP contribution in [-0.4, -0.2) is 26.8 Å². The number of aromatic nitrogens is 2. The molecule has 5 nitrogen and oxygen atoms in total. The number of imidazole rings is 1. The minimum atomic E-state index is -1.49. The molecule has 0 amide bonds. The van der Waals surface area contributed by atoms with E-state index in [1.165, 1.54) is 11.8 Å². The van der Waals surface area contributed by atoms with Crippen LogP contribution in [0.5, 0.6) is 0 Å². The van der Waals surface area contributed by atoms with Gasteiger partial charge in [-0.05, 0) is 12.0 Å². The van der Waals surface area contributed by atoms with Crippen LogP contribution in [0.4, 0.5) is 0 Å². The van der Waals surface area contributed by atoms with E-state index in [-0.39, 0.29) is 5.69 Å². The molecule has 2 rings (SSSR count). The van der Waals surface area contributed by atoms with Crippen molar-refractivity contribution in [1.82, 2.24) is 9.97 Å². The standard InChI is InChI=1S/C13H12N2O3/c1-2-8-3-5-9(6-4-8)12-14-7-10(15-12)11(16)13(17)18/h3-7H,2H2,1H3,(H,14,15)(H,17,18). The summed E-state index contributed by atoms with van der Waals surface area (Å²) >= 11 is 0. The zero-order valence-electron chi connectivity index (χ0n) is 9.80. The molecule has 0 aliphatic carbocycles. The normalized spacial score (nSPS) is 10.3. The Balaban J connectivity index is 2.29. The van der Waals surface area contributed by atoms with E-state index in [4.69, 9.17) is 5.11 Å². The lowest BCUT2D eigenvalue weighted by Crippen LogP contribution is -2.12. The van der Waals surface area contributed by atoms with Crippen molar-refractivity contribution in [3.8, 4) is 11.4 Å². The summed E-state index contributed by atoms with van der Waals surface area (Å²) in [5.74, 6) is -1.99. The molecule has 0 radical (unpaired) electrons. The Morgan fingerprint density at radius 2 is 1.94 bits per heavy atom. The highest BCUT2D eigenvalue weighted by Gasteiger charge is 2.17. The molecule has 0 saturated carbocycles. The Morgan fingerprint density at radius 1 is 1.28 bits per heavy atom. The number of nitrogens with zero attached hydrogens (tertiary/aromatic N) is 1. The van der Waals surface area contributed by atoms with Gasteiger partial charge in [0, 0.05) is 5.56 Å². The lowest BCUT2D eigenvalue weighted by Gasteiger charge is -1.99. The molecule has 0 atom stereocenters. The van der Waals surface area contributed by atoms with E-state index in [1.807, 2.05) is 24.3 Å². The van der Waals surface area contributed by atoms with Crippen LogP contribution in [-0.2, 0) is 11.2 Å². The molecule has 1 heterocycles. The fourth-order valence-electron chi connectivity index (χ4n) is 1.60. The molecule has 0 saturated heterocycles. The van der Waals surface area contributed by atoms with Gasteiger partial charge in [0.05, 0.1) is 6.20 Å². The van der Waals surface area contributed by atoms with Crippen molar-refractivity contribution in [2.75, 3.05) is 0 Å². The van der Waals surface area contributed by atoms with Crippen LogP contribution in [0.1, 0.15) is 23.0 Å². The molecular formula is C13H12N2O3. The van der Waals surface area contributed by atoms with Crippen molar-refractivity contribution in [3.63, 3.8) is 0 Å². The number of hydrogen-bond acceptors (Lipinski definition) is 3. The molecule has 92 valence electrons. The Kier molecular flexibility index (Phi) is 3.23. The van der Waals surface area contributed by atoms with E-state index in [9.17, 15) is 9.59 Å². The second-order valence-corrected chi connectivity index (χ2v) is 3.83. The monoisotopic (exact) mass is 244 g/mol. The molecule has 0 fully saturated rings. The molecule has 1 aromatic heterocycles. The lowest BCUT2D eigenvalue weighted by atomic mass is 10.1. The van der Waals surface area contributed by atoms with Crippen molar-refractivity contribution in [3.05, 3.63) is 41.7 Å². The summed E-state index contributed by atoms with van der Waals surface area (Å²) in [6.45, 7) is 2.06. The first-order chi connectivity index (χ1) is 8.61. The highest BCUT2D eigenvalue weighted by atomic mass is 16.4. The number of hydrogen-bond donors (Lipinski definition) is 2. The number of aromatic amines is 1. The molecule has 0 aliphatic rings. The largest absolute Gasteiger partial charge is 0.475 e. The van der Waals surface area contributed by atoms with Crippen molar-refractivity contribution < 1.29 is 14.7 Å². The second kappa shape index (κ2) is 4.83. The summed E-state index contributed by atoms with van der Waals surface area (Å²) in [7, 11) is 0. The number of carboxylic acid groups (broad SMARTS) is 1. The van der Waals surface area contributed by atoms with Crippen LogP contribution < -0.4 is 0 Å². The van der Waals surface area contributed by atoms with Crippen LogP contribution in [0.15, 0.2) is 30.5 Å². The molecule has 1 aromatic carbocycles. The van der Waals surface area contributed by atoms with Gasteiger partial charge < -0.3 is 10.1 Å². The van der Waals surface area contributed by atoms with Crippen LogP contribution in [0, 0.1) is 0 Å². The summed E-state index contributed by atoms with van der Waals surface area (Å²) in [4.78, 5) is 28.5. The number of H-pyrrole nitrogens is 1. The van der Waals surface area contributed by atoms with Crippen molar-refractivity contribution in [1.29, 1.82) is 0 Å². The van der Waals surface area contributed by atoms with Gasteiger partial charge in [-0.1, -0.05) is 31.2 Å². The van der Waals surface area contributed by atoms with Gasteiger partial charge in [0.2, 0.25) is 0 Å². The first-order valence-electron chi connectivity index (χ1n) is 5.53. The van der Waals surface area contributed by atoms with E-state index in [1.54, 1.807) is 0 Å². The number of nitrogens with one attached hydrogen (secondary N) is 1. The number of carbonyl (C=O) groups is 2. The first-order valence-corrected chi connectivity index (χ1v) is 5.53. The smallest absolute Gasteiger partial charge is 0.378 e. The molecule has 0 unspecified atom stereocenters. The average molecular weight is 244 g/mol. The number of benzene rings is 1. The number of carbonyl (C=O) groups excluding carboxylic acids is 1. The maximum Gasteiger partial charge on any atom is 0.378 e. The number of Topliss-reactive ketones (excluding diaryl/α,β-unsaturated/α-hetero) is 1. The van der Waals surface area contributed by atoms with E-state index in [0.717, 1.165) is 12.0 Å². The fraction of sp³-hybridized carbons (Fsp3) is 0.154. The highest BCUT2D eigenvalue weighted by molar-refractivity contribution is 6.39. The molecule has 0 spiro atoms. The Labute approximate surface area is 103 Å². The molecule has 0 aliphatic heterocycles. The summed E-state index contributed by atoms with van der Waals surface area (Å²) in [6.07, 6.45) is 2.18. The van der Waals surface area contributed by atoms with Crippen LogP contribution in [0.25, 0.3) is 11.4 Å². The third-order valence-electron chi connectivity index (χ3n) is 2.65. The van der Waals surface area contributed by atoms with Gasteiger partial charge in [0.15, 0.2) is 0 Å². The van der Waals surface area contributed by atoms with Gasteiger partial charge in [0.1, 0.15) is 11.5 Å². The number of ketones is 1. The van der Waals surface area contributed by atoms with Crippen LogP contribution in [0.2, 0.25) is 0 Å². The third-order valence-corrected chi connectivity index (χ3v) is 2.65. The molecule has 0 bridgehead atoms. The van der Waals surface area contributed by atoms with Gasteiger partial charge in [0.25, 0.3) is 5.78 Å². The minimum Gasteiger partial charge on any atom is -0.475 e.